The molecule has 8 heteroatoms. The molecule has 0 radical (unpaired) electrons. The molecule has 0 unspecified atom stereocenters. The van der Waals surface area contributed by atoms with Crippen molar-refractivity contribution in [1.29, 1.82) is 0 Å². The van der Waals surface area contributed by atoms with Gasteiger partial charge in [0.15, 0.2) is 0 Å². The minimum Gasteiger partial charge on any atom is -0.445 e. The summed E-state index contributed by atoms with van der Waals surface area (Å²) in [5, 5.41) is 5.35. The molecule has 32 heavy (non-hydrogen) atoms. The third kappa shape index (κ3) is 6.41. The molecular weight excluding hydrogens is 410 g/mol. The lowest BCUT2D eigenvalue weighted by molar-refractivity contribution is -0.120. The van der Waals surface area contributed by atoms with Gasteiger partial charge in [0, 0.05) is 26.1 Å². The minimum absolute atomic E-state index is 0.159. The fourth-order valence-electron chi connectivity index (χ4n) is 3.38. The van der Waals surface area contributed by atoms with Crippen molar-refractivity contribution in [3.63, 3.8) is 0 Å². The standard InChI is InChI=1S/C24H27N3O5/c28-21(13-15-26-24(31)32-17-18-9-3-1-4-10-18)25-14-7-2-8-16-27-22(29)19-11-5-6-12-20(19)23(27)30/h1,3-6,9-12H,2,7-8,13-17H2,(H,25,28)(H,26,31). The van der Waals surface area contributed by atoms with E-state index in [2.05, 4.69) is 10.6 Å². The Morgan fingerprint density at radius 2 is 1.44 bits per heavy atom. The van der Waals surface area contributed by atoms with Crippen molar-refractivity contribution in [2.24, 2.45) is 0 Å². The van der Waals surface area contributed by atoms with Crippen LogP contribution < -0.4 is 10.6 Å². The van der Waals surface area contributed by atoms with Crippen LogP contribution in [0.3, 0.4) is 0 Å². The molecule has 1 heterocycles. The molecule has 0 aliphatic carbocycles. The number of nitrogens with one attached hydrogen (secondary N) is 2. The Kier molecular flexibility index (Phi) is 8.36. The van der Waals surface area contributed by atoms with Crippen LogP contribution in [0.5, 0.6) is 0 Å². The van der Waals surface area contributed by atoms with Crippen LogP contribution in [-0.2, 0) is 16.1 Å². The van der Waals surface area contributed by atoms with E-state index in [0.29, 0.717) is 30.6 Å². The molecule has 2 aromatic carbocycles. The molecule has 1 aliphatic rings. The van der Waals surface area contributed by atoms with Crippen LogP contribution in [0.25, 0.3) is 0 Å². The van der Waals surface area contributed by atoms with E-state index in [-0.39, 0.29) is 37.3 Å². The number of alkyl carbamates (subject to hydrolysis) is 1. The summed E-state index contributed by atoms with van der Waals surface area (Å²) in [7, 11) is 0. The van der Waals surface area contributed by atoms with Crippen LogP contribution in [0.4, 0.5) is 4.79 Å². The van der Waals surface area contributed by atoms with Gasteiger partial charge < -0.3 is 15.4 Å². The third-order valence-corrected chi connectivity index (χ3v) is 5.09. The number of ether oxygens (including phenoxy) is 1. The summed E-state index contributed by atoms with van der Waals surface area (Å²) < 4.78 is 5.08. The summed E-state index contributed by atoms with van der Waals surface area (Å²) in [5.74, 6) is -0.642. The number of carbonyl (C=O) groups excluding carboxylic acids is 4. The zero-order valence-electron chi connectivity index (χ0n) is 17.8. The highest BCUT2D eigenvalue weighted by atomic mass is 16.5. The number of imide groups is 1. The van der Waals surface area contributed by atoms with E-state index in [0.717, 1.165) is 18.4 Å². The van der Waals surface area contributed by atoms with Crippen molar-refractivity contribution in [2.45, 2.75) is 32.3 Å². The third-order valence-electron chi connectivity index (χ3n) is 5.09. The number of unbranched alkanes of at least 4 members (excludes halogenated alkanes) is 2. The summed E-state index contributed by atoms with van der Waals surface area (Å²) in [6.45, 7) is 1.24. The summed E-state index contributed by atoms with van der Waals surface area (Å²) >= 11 is 0. The Balaban J connectivity index is 1.21. The molecule has 1 aliphatic heterocycles. The number of hydrogen-bond donors (Lipinski definition) is 2. The summed E-state index contributed by atoms with van der Waals surface area (Å²) in [5.41, 5.74) is 1.81. The van der Waals surface area contributed by atoms with E-state index in [1.165, 1.54) is 4.90 Å². The Labute approximate surface area is 186 Å². The lowest BCUT2D eigenvalue weighted by Gasteiger charge is -2.13. The van der Waals surface area contributed by atoms with Gasteiger partial charge in [0.25, 0.3) is 11.8 Å². The van der Waals surface area contributed by atoms with Gasteiger partial charge in [0.1, 0.15) is 6.61 Å². The van der Waals surface area contributed by atoms with Gasteiger partial charge in [-0.3, -0.25) is 19.3 Å². The molecule has 0 atom stereocenters. The Morgan fingerprint density at radius 1 is 0.781 bits per heavy atom. The Morgan fingerprint density at radius 3 is 2.12 bits per heavy atom. The molecule has 2 N–H and O–H groups in total. The number of fused-ring (bicyclic) bond motifs is 1. The van der Waals surface area contributed by atoms with Crippen molar-refractivity contribution < 1.29 is 23.9 Å². The van der Waals surface area contributed by atoms with Crippen molar-refractivity contribution >= 4 is 23.8 Å². The topological polar surface area (TPSA) is 105 Å². The fourth-order valence-corrected chi connectivity index (χ4v) is 3.38. The first-order valence-corrected chi connectivity index (χ1v) is 10.7. The van der Waals surface area contributed by atoms with Gasteiger partial charge in [-0.05, 0) is 37.0 Å². The van der Waals surface area contributed by atoms with Gasteiger partial charge in [-0.15, -0.1) is 0 Å². The highest BCUT2D eigenvalue weighted by molar-refractivity contribution is 6.21. The monoisotopic (exact) mass is 437 g/mol. The predicted molar refractivity (Wildman–Crippen MR) is 118 cm³/mol. The molecule has 0 saturated heterocycles. The van der Waals surface area contributed by atoms with Crippen LogP contribution in [0, 0.1) is 0 Å². The van der Waals surface area contributed by atoms with Crippen molar-refractivity contribution in [3.05, 3.63) is 71.3 Å². The van der Waals surface area contributed by atoms with E-state index < -0.39 is 6.09 Å². The molecule has 4 amide bonds. The number of nitrogens with zero attached hydrogens (tertiary/aromatic N) is 1. The highest BCUT2D eigenvalue weighted by Gasteiger charge is 2.34. The lowest BCUT2D eigenvalue weighted by atomic mass is 10.1. The first-order chi connectivity index (χ1) is 15.6. The number of hydrogen-bond acceptors (Lipinski definition) is 5. The maximum absolute atomic E-state index is 12.3. The van der Waals surface area contributed by atoms with E-state index in [1.54, 1.807) is 24.3 Å². The molecule has 0 spiro atoms. The fraction of sp³-hybridized carbons (Fsp3) is 0.333. The average Bonchev–Trinajstić information content (AvgIpc) is 3.05. The molecule has 0 aromatic heterocycles. The zero-order chi connectivity index (χ0) is 22.8. The van der Waals surface area contributed by atoms with Gasteiger partial charge >= 0.3 is 6.09 Å². The van der Waals surface area contributed by atoms with Gasteiger partial charge in [-0.25, -0.2) is 4.79 Å². The first kappa shape index (κ1) is 23.0. The second-order valence-corrected chi connectivity index (χ2v) is 7.46. The molecule has 168 valence electrons. The largest absolute Gasteiger partial charge is 0.445 e. The minimum atomic E-state index is -0.560. The van der Waals surface area contributed by atoms with Crippen LogP contribution in [0.15, 0.2) is 54.6 Å². The van der Waals surface area contributed by atoms with Gasteiger partial charge in [0.2, 0.25) is 5.91 Å². The second-order valence-electron chi connectivity index (χ2n) is 7.46. The average molecular weight is 437 g/mol. The summed E-state index contributed by atoms with van der Waals surface area (Å²) in [6.07, 6.45) is 1.79. The van der Waals surface area contributed by atoms with Gasteiger partial charge in [0.05, 0.1) is 11.1 Å². The van der Waals surface area contributed by atoms with Crippen LogP contribution in [-0.4, -0.2) is 48.3 Å². The second kappa shape index (κ2) is 11.6. The van der Waals surface area contributed by atoms with E-state index in [1.807, 2.05) is 30.3 Å². The molecule has 2 aromatic rings. The van der Waals surface area contributed by atoms with Crippen molar-refractivity contribution in [2.75, 3.05) is 19.6 Å². The van der Waals surface area contributed by atoms with Crippen molar-refractivity contribution in [1.82, 2.24) is 15.5 Å². The van der Waals surface area contributed by atoms with Crippen LogP contribution in [0.1, 0.15) is 52.0 Å². The molecule has 0 saturated carbocycles. The van der Waals surface area contributed by atoms with Gasteiger partial charge in [-0.2, -0.15) is 0 Å². The molecule has 8 nitrogen and oxygen atoms in total. The van der Waals surface area contributed by atoms with Crippen molar-refractivity contribution in [3.8, 4) is 0 Å². The van der Waals surface area contributed by atoms with Crippen LogP contribution in [0.2, 0.25) is 0 Å². The van der Waals surface area contributed by atoms with E-state index in [9.17, 15) is 19.2 Å². The first-order valence-electron chi connectivity index (χ1n) is 10.7. The Bertz CT molecular complexity index is 926. The lowest BCUT2D eigenvalue weighted by Crippen LogP contribution is -2.32. The van der Waals surface area contributed by atoms with Gasteiger partial charge in [-0.1, -0.05) is 42.5 Å². The smallest absolute Gasteiger partial charge is 0.407 e. The SMILES string of the molecule is O=C(CCNC(=O)OCc1ccccc1)NCCCCCN1C(=O)c2ccccc2C1=O. The maximum atomic E-state index is 12.3. The quantitative estimate of drug-likeness (QED) is 0.415. The van der Waals surface area contributed by atoms with E-state index >= 15 is 0 Å². The molecule has 0 bridgehead atoms. The Hall–Kier alpha value is -3.68. The zero-order valence-corrected chi connectivity index (χ0v) is 17.8. The molecule has 3 rings (SSSR count). The number of benzene rings is 2. The summed E-state index contributed by atoms with van der Waals surface area (Å²) in [6, 6.07) is 16.2. The van der Waals surface area contributed by atoms with E-state index in [4.69, 9.17) is 4.74 Å². The van der Waals surface area contributed by atoms with Crippen LogP contribution >= 0.6 is 0 Å². The maximum Gasteiger partial charge on any atom is 0.407 e. The number of rotatable bonds is 11. The molecular formula is C24H27N3O5. The predicted octanol–water partition coefficient (Wildman–Crippen LogP) is 2.89. The summed E-state index contributed by atoms with van der Waals surface area (Å²) in [4.78, 5) is 49.4. The number of carbonyl (C=O) groups is 4. The highest BCUT2D eigenvalue weighted by Crippen LogP contribution is 2.22. The number of amides is 4. The molecule has 0 fully saturated rings. The normalized spacial score (nSPS) is 12.4.